The molecule has 4 nitrogen and oxygen atoms in total. The molecule has 120 valence electrons. The second-order valence-electron chi connectivity index (χ2n) is 5.84. The zero-order chi connectivity index (χ0) is 15.9. The van der Waals surface area contributed by atoms with Crippen LogP contribution < -0.4 is 10.6 Å². The Balaban J connectivity index is 1.86. The molecule has 1 amide bonds. The summed E-state index contributed by atoms with van der Waals surface area (Å²) in [5.41, 5.74) is -0.241. The van der Waals surface area contributed by atoms with E-state index in [1.165, 1.54) is 6.07 Å². The molecule has 0 bridgehead atoms. The Morgan fingerprint density at radius 2 is 2.09 bits per heavy atom. The summed E-state index contributed by atoms with van der Waals surface area (Å²) in [6.07, 6.45) is -2.53. The molecule has 1 saturated carbocycles. The molecule has 22 heavy (non-hydrogen) atoms. The average Bonchev–Trinajstić information content (AvgIpc) is 3.02. The summed E-state index contributed by atoms with van der Waals surface area (Å²) < 4.78 is 39.5. The van der Waals surface area contributed by atoms with Gasteiger partial charge in [-0.2, -0.15) is 13.2 Å². The third kappa shape index (κ3) is 2.83. The number of rotatable bonds is 3. The molecule has 0 aromatic heterocycles. The zero-order valence-corrected chi connectivity index (χ0v) is 11.8. The summed E-state index contributed by atoms with van der Waals surface area (Å²) in [4.78, 5) is 11.7. The van der Waals surface area contributed by atoms with Gasteiger partial charge in [0, 0.05) is 24.7 Å². The van der Waals surface area contributed by atoms with E-state index in [2.05, 4.69) is 10.6 Å². The van der Waals surface area contributed by atoms with Crippen LogP contribution in [0.2, 0.25) is 0 Å². The number of aliphatic hydroxyl groups excluding tert-OH is 1. The van der Waals surface area contributed by atoms with E-state index in [1.807, 2.05) is 0 Å². The summed E-state index contributed by atoms with van der Waals surface area (Å²) in [6.45, 7) is 0.115. The number of alkyl halides is 3. The molecule has 0 radical (unpaired) electrons. The van der Waals surface area contributed by atoms with Gasteiger partial charge in [0.15, 0.2) is 0 Å². The van der Waals surface area contributed by atoms with Crippen molar-refractivity contribution in [3.05, 3.63) is 34.4 Å². The van der Waals surface area contributed by atoms with Gasteiger partial charge < -0.3 is 15.7 Å². The van der Waals surface area contributed by atoms with Gasteiger partial charge in [0.25, 0.3) is 5.91 Å². The first-order valence-electron chi connectivity index (χ1n) is 7.29. The first-order chi connectivity index (χ1) is 10.4. The highest BCUT2D eigenvalue weighted by atomic mass is 19.4. The lowest BCUT2D eigenvalue weighted by Gasteiger charge is -2.18. The lowest BCUT2D eigenvalue weighted by atomic mass is 9.98. The fourth-order valence-electron chi connectivity index (χ4n) is 3.17. The van der Waals surface area contributed by atoms with Gasteiger partial charge in [-0.25, -0.2) is 0 Å². The number of amides is 1. The number of fused-ring (bicyclic) bond motifs is 1. The van der Waals surface area contributed by atoms with Gasteiger partial charge in [0.05, 0.1) is 11.7 Å². The van der Waals surface area contributed by atoms with Gasteiger partial charge in [-0.3, -0.25) is 4.79 Å². The second-order valence-corrected chi connectivity index (χ2v) is 5.84. The Bertz CT molecular complexity index is 601. The van der Waals surface area contributed by atoms with Crippen molar-refractivity contribution in [1.82, 2.24) is 10.6 Å². The highest BCUT2D eigenvalue weighted by Gasteiger charge is 2.37. The number of hydrogen-bond donors (Lipinski definition) is 3. The smallest absolute Gasteiger partial charge is 0.392 e. The van der Waals surface area contributed by atoms with Crippen LogP contribution in [0.25, 0.3) is 0 Å². The summed E-state index contributed by atoms with van der Waals surface area (Å²) >= 11 is 0. The SMILES string of the molecule is O=C1NCc2c1cc(CNC1CCC[C@@H]1O)cc2C(F)(F)F. The Hall–Kier alpha value is -1.60. The summed E-state index contributed by atoms with van der Waals surface area (Å²) in [5, 5.41) is 15.3. The molecule has 0 saturated heterocycles. The third-order valence-electron chi connectivity index (χ3n) is 4.33. The molecule has 1 unspecified atom stereocenters. The highest BCUT2D eigenvalue weighted by molar-refractivity contribution is 5.99. The van der Waals surface area contributed by atoms with Crippen LogP contribution in [0.4, 0.5) is 13.2 Å². The summed E-state index contributed by atoms with van der Waals surface area (Å²) in [5.74, 6) is -0.469. The van der Waals surface area contributed by atoms with Crippen LogP contribution in [0.1, 0.15) is 46.3 Å². The van der Waals surface area contributed by atoms with Crippen LogP contribution >= 0.6 is 0 Å². The minimum absolute atomic E-state index is 0.0159. The molecule has 2 atom stereocenters. The lowest BCUT2D eigenvalue weighted by molar-refractivity contribution is -0.138. The maximum atomic E-state index is 13.2. The number of carbonyl (C=O) groups excluding carboxylic acids is 1. The maximum absolute atomic E-state index is 13.2. The van der Waals surface area contributed by atoms with Crippen molar-refractivity contribution < 1.29 is 23.1 Å². The topological polar surface area (TPSA) is 61.4 Å². The molecule has 2 aliphatic rings. The van der Waals surface area contributed by atoms with Crippen LogP contribution in [-0.4, -0.2) is 23.2 Å². The van der Waals surface area contributed by atoms with E-state index >= 15 is 0 Å². The van der Waals surface area contributed by atoms with Crippen molar-refractivity contribution in [1.29, 1.82) is 0 Å². The number of benzene rings is 1. The predicted octanol–water partition coefficient (Wildman–Crippen LogP) is 1.95. The van der Waals surface area contributed by atoms with Gasteiger partial charge in [-0.1, -0.05) is 0 Å². The quantitative estimate of drug-likeness (QED) is 0.799. The third-order valence-corrected chi connectivity index (χ3v) is 4.33. The largest absolute Gasteiger partial charge is 0.416 e. The van der Waals surface area contributed by atoms with E-state index in [4.69, 9.17) is 0 Å². The molecule has 3 rings (SSSR count). The van der Waals surface area contributed by atoms with Crippen molar-refractivity contribution in [2.75, 3.05) is 0 Å². The van der Waals surface area contributed by atoms with Crippen molar-refractivity contribution >= 4 is 5.91 Å². The Kier molecular flexibility index (Phi) is 3.86. The average molecular weight is 314 g/mol. The number of carbonyl (C=O) groups is 1. The van der Waals surface area contributed by atoms with Crippen molar-refractivity contribution in [2.45, 2.75) is 50.7 Å². The lowest BCUT2D eigenvalue weighted by Crippen LogP contribution is -2.35. The minimum atomic E-state index is -4.49. The molecule has 1 aliphatic carbocycles. The van der Waals surface area contributed by atoms with E-state index in [0.717, 1.165) is 18.9 Å². The minimum Gasteiger partial charge on any atom is -0.392 e. The fraction of sp³-hybridized carbons (Fsp3) is 0.533. The normalized spacial score (nSPS) is 24.5. The van der Waals surface area contributed by atoms with Gasteiger partial charge in [0.2, 0.25) is 0 Å². The van der Waals surface area contributed by atoms with Gasteiger partial charge in [-0.15, -0.1) is 0 Å². The van der Waals surface area contributed by atoms with Crippen LogP contribution in [0.15, 0.2) is 12.1 Å². The maximum Gasteiger partial charge on any atom is 0.416 e. The van der Waals surface area contributed by atoms with Gasteiger partial charge >= 0.3 is 6.18 Å². The second kappa shape index (κ2) is 5.55. The molecule has 1 aromatic carbocycles. The Morgan fingerprint density at radius 3 is 2.73 bits per heavy atom. The molecule has 3 N–H and O–H groups in total. The van der Waals surface area contributed by atoms with E-state index in [9.17, 15) is 23.1 Å². The van der Waals surface area contributed by atoms with Crippen LogP contribution in [0.3, 0.4) is 0 Å². The number of aliphatic hydroxyl groups is 1. The first-order valence-corrected chi connectivity index (χ1v) is 7.29. The number of halogens is 3. The predicted molar refractivity (Wildman–Crippen MR) is 73.1 cm³/mol. The Labute approximate surface area is 125 Å². The highest BCUT2D eigenvalue weighted by Crippen LogP contribution is 2.36. The molecule has 0 spiro atoms. The molecule has 7 heteroatoms. The fourth-order valence-corrected chi connectivity index (χ4v) is 3.17. The van der Waals surface area contributed by atoms with E-state index in [0.29, 0.717) is 12.0 Å². The van der Waals surface area contributed by atoms with Crippen molar-refractivity contribution in [3.63, 3.8) is 0 Å². The van der Waals surface area contributed by atoms with Crippen LogP contribution in [0, 0.1) is 0 Å². The molecule has 1 fully saturated rings. The van der Waals surface area contributed by atoms with Crippen molar-refractivity contribution in [3.8, 4) is 0 Å². The molecule has 1 heterocycles. The summed E-state index contributed by atoms with van der Waals surface area (Å²) in [7, 11) is 0. The monoisotopic (exact) mass is 314 g/mol. The Morgan fingerprint density at radius 1 is 1.32 bits per heavy atom. The standard InChI is InChI=1S/C15H17F3N2O2/c16-15(17,18)11-5-8(4-9-10(11)7-20-14(9)22)6-19-12-2-1-3-13(12)21/h4-5,12-13,19,21H,1-3,6-7H2,(H,20,22)/t12?,13-/m0/s1. The number of nitrogens with one attached hydrogen (secondary N) is 2. The molecular formula is C15H17F3N2O2. The van der Waals surface area contributed by atoms with Crippen LogP contribution in [-0.2, 0) is 19.3 Å². The number of hydrogen-bond acceptors (Lipinski definition) is 3. The van der Waals surface area contributed by atoms with E-state index in [-0.39, 0.29) is 30.3 Å². The molecule has 1 aliphatic heterocycles. The van der Waals surface area contributed by atoms with Gasteiger partial charge in [0.1, 0.15) is 0 Å². The first kappa shape index (κ1) is 15.3. The van der Waals surface area contributed by atoms with Crippen molar-refractivity contribution in [2.24, 2.45) is 0 Å². The molecular weight excluding hydrogens is 297 g/mol. The summed E-state index contributed by atoms with van der Waals surface area (Å²) in [6, 6.07) is 2.49. The van der Waals surface area contributed by atoms with E-state index in [1.54, 1.807) is 0 Å². The van der Waals surface area contributed by atoms with Crippen LogP contribution in [0.5, 0.6) is 0 Å². The van der Waals surface area contributed by atoms with Gasteiger partial charge in [-0.05, 0) is 42.5 Å². The zero-order valence-electron chi connectivity index (χ0n) is 11.8. The molecule has 1 aromatic rings. The van der Waals surface area contributed by atoms with E-state index < -0.39 is 23.8 Å².